The van der Waals surface area contributed by atoms with Gasteiger partial charge in [0.2, 0.25) is 0 Å². The van der Waals surface area contributed by atoms with Crippen molar-refractivity contribution in [3.05, 3.63) is 0 Å². The van der Waals surface area contributed by atoms with E-state index in [0.29, 0.717) is 18.9 Å². The number of hydrogen-bond acceptors (Lipinski definition) is 2. The minimum absolute atomic E-state index is 0.133. The summed E-state index contributed by atoms with van der Waals surface area (Å²) in [4.78, 5) is 25.4. The number of nitrogens with zero attached hydrogens (tertiary/aromatic N) is 1. The van der Waals surface area contributed by atoms with Crippen molar-refractivity contribution in [2.45, 2.75) is 44.6 Å². The van der Waals surface area contributed by atoms with Crippen LogP contribution in [0.25, 0.3) is 0 Å². The zero-order valence-corrected chi connectivity index (χ0v) is 10.2. The van der Waals surface area contributed by atoms with Gasteiger partial charge in [0.25, 0.3) is 5.91 Å². The first-order valence-electron chi connectivity index (χ1n) is 6.16. The molecule has 4 nitrogen and oxygen atoms in total. The molecule has 1 spiro atoms. The van der Waals surface area contributed by atoms with Gasteiger partial charge in [-0.15, -0.1) is 12.3 Å². The topological polar surface area (TPSA) is 49.4 Å². The lowest BCUT2D eigenvalue weighted by Gasteiger charge is -2.39. The summed E-state index contributed by atoms with van der Waals surface area (Å²) < 4.78 is 0. The smallest absolute Gasteiger partial charge is 0.309 e. The molecule has 1 saturated heterocycles. The van der Waals surface area contributed by atoms with Gasteiger partial charge in [0, 0.05) is 13.0 Å². The molecule has 0 atom stereocenters. The molecule has 1 saturated carbocycles. The molecule has 1 N–H and O–H groups in total. The van der Waals surface area contributed by atoms with Gasteiger partial charge in [0.15, 0.2) is 0 Å². The molecule has 0 bridgehead atoms. The fourth-order valence-electron chi connectivity index (χ4n) is 2.83. The summed E-state index contributed by atoms with van der Waals surface area (Å²) in [6.07, 6.45) is 9.24. The first kappa shape index (κ1) is 12.0. The van der Waals surface area contributed by atoms with Gasteiger partial charge in [0.1, 0.15) is 5.54 Å². The van der Waals surface area contributed by atoms with E-state index >= 15 is 0 Å². The average molecular weight is 234 g/mol. The number of imide groups is 1. The fraction of sp³-hybridized carbons (Fsp3) is 0.692. The number of carbonyl (C=O) groups is 2. The van der Waals surface area contributed by atoms with Crippen LogP contribution in [0.2, 0.25) is 0 Å². The molecule has 0 aromatic heterocycles. The second kappa shape index (κ2) is 4.40. The Bertz CT molecular complexity index is 375. The summed E-state index contributed by atoms with van der Waals surface area (Å²) in [5.74, 6) is 3.03. The number of terminal acetylenes is 1. The first-order valence-corrected chi connectivity index (χ1v) is 6.16. The summed E-state index contributed by atoms with van der Waals surface area (Å²) in [7, 11) is 0. The minimum Gasteiger partial charge on any atom is -0.309 e. The Morgan fingerprint density at radius 3 is 2.71 bits per heavy atom. The van der Waals surface area contributed by atoms with Crippen molar-refractivity contribution in [2.75, 3.05) is 6.54 Å². The van der Waals surface area contributed by atoms with Crippen LogP contribution >= 0.6 is 0 Å². The van der Waals surface area contributed by atoms with Crippen LogP contribution in [-0.2, 0) is 4.79 Å². The van der Waals surface area contributed by atoms with E-state index in [1.54, 1.807) is 4.90 Å². The van der Waals surface area contributed by atoms with Crippen LogP contribution in [0.15, 0.2) is 0 Å². The van der Waals surface area contributed by atoms with Crippen LogP contribution in [0.1, 0.15) is 39.0 Å². The van der Waals surface area contributed by atoms with Gasteiger partial charge in [-0.2, -0.15) is 0 Å². The van der Waals surface area contributed by atoms with E-state index in [1.807, 2.05) is 0 Å². The zero-order valence-electron chi connectivity index (χ0n) is 10.2. The predicted molar refractivity (Wildman–Crippen MR) is 64.1 cm³/mol. The van der Waals surface area contributed by atoms with Gasteiger partial charge < -0.3 is 4.90 Å². The van der Waals surface area contributed by atoms with Crippen LogP contribution in [0.4, 0.5) is 4.79 Å². The number of rotatable bonds is 2. The molecule has 2 fully saturated rings. The largest absolute Gasteiger partial charge is 0.325 e. The molecule has 0 aromatic rings. The third kappa shape index (κ3) is 1.90. The lowest BCUT2D eigenvalue weighted by molar-refractivity contribution is -0.128. The standard InChI is InChI=1S/C13H18N2O2/c1-3-4-9-15-12(17)14-11(16)13(15)7-5-10(2)6-8-13/h1,10H,4-9H2,2H3,(H,14,16,17). The molecule has 2 aliphatic rings. The molecule has 2 rings (SSSR count). The van der Waals surface area contributed by atoms with Crippen molar-refractivity contribution < 1.29 is 9.59 Å². The Morgan fingerprint density at radius 1 is 1.47 bits per heavy atom. The van der Waals surface area contributed by atoms with Gasteiger partial charge in [-0.05, 0) is 31.6 Å². The minimum atomic E-state index is -0.611. The first-order chi connectivity index (χ1) is 8.10. The average Bonchev–Trinajstić information content (AvgIpc) is 2.53. The van der Waals surface area contributed by atoms with Crippen molar-refractivity contribution in [3.63, 3.8) is 0 Å². The maximum Gasteiger partial charge on any atom is 0.325 e. The summed E-state index contributed by atoms with van der Waals surface area (Å²) in [5.41, 5.74) is -0.611. The molecule has 92 valence electrons. The third-order valence-electron chi connectivity index (χ3n) is 3.99. The van der Waals surface area contributed by atoms with E-state index in [0.717, 1.165) is 25.7 Å². The molecule has 3 amide bonds. The highest BCUT2D eigenvalue weighted by Crippen LogP contribution is 2.39. The van der Waals surface area contributed by atoms with Crippen molar-refractivity contribution in [3.8, 4) is 12.3 Å². The molecule has 1 heterocycles. The van der Waals surface area contributed by atoms with E-state index in [2.05, 4.69) is 18.2 Å². The van der Waals surface area contributed by atoms with Crippen LogP contribution < -0.4 is 5.32 Å². The molecule has 1 aliphatic heterocycles. The molecule has 0 unspecified atom stereocenters. The Hall–Kier alpha value is -1.50. The summed E-state index contributed by atoms with van der Waals surface area (Å²) in [6, 6.07) is -0.278. The summed E-state index contributed by atoms with van der Waals surface area (Å²) in [5, 5.41) is 2.43. The Morgan fingerprint density at radius 2 is 2.12 bits per heavy atom. The molecular weight excluding hydrogens is 216 g/mol. The maximum absolute atomic E-state index is 12.0. The Labute approximate surface area is 102 Å². The molecule has 4 heteroatoms. The molecule has 17 heavy (non-hydrogen) atoms. The Kier molecular flexibility index (Phi) is 3.10. The van der Waals surface area contributed by atoms with Crippen LogP contribution in [0.3, 0.4) is 0 Å². The number of urea groups is 1. The third-order valence-corrected chi connectivity index (χ3v) is 3.99. The van der Waals surface area contributed by atoms with Crippen molar-refractivity contribution in [2.24, 2.45) is 5.92 Å². The van der Waals surface area contributed by atoms with Gasteiger partial charge in [-0.25, -0.2) is 4.79 Å². The molecule has 0 aromatic carbocycles. The molecule has 0 radical (unpaired) electrons. The number of nitrogens with one attached hydrogen (secondary N) is 1. The lowest BCUT2D eigenvalue weighted by atomic mass is 9.76. The van der Waals surface area contributed by atoms with Crippen LogP contribution in [0, 0.1) is 18.3 Å². The Balaban J connectivity index is 2.19. The number of hydrogen-bond donors (Lipinski definition) is 1. The SMILES string of the molecule is C#CCCN1C(=O)NC(=O)C12CCC(C)CC2. The maximum atomic E-state index is 12.0. The normalized spacial score (nSPS) is 32.7. The summed E-state index contributed by atoms with van der Waals surface area (Å²) in [6.45, 7) is 2.66. The number of amides is 3. The van der Waals surface area contributed by atoms with Gasteiger partial charge >= 0.3 is 6.03 Å². The predicted octanol–water partition coefficient (Wildman–Crippen LogP) is 1.51. The quantitative estimate of drug-likeness (QED) is 0.581. The monoisotopic (exact) mass is 234 g/mol. The highest BCUT2D eigenvalue weighted by molar-refractivity contribution is 6.07. The molecule has 1 aliphatic carbocycles. The van der Waals surface area contributed by atoms with Crippen LogP contribution in [-0.4, -0.2) is 28.9 Å². The summed E-state index contributed by atoms with van der Waals surface area (Å²) >= 11 is 0. The van der Waals surface area contributed by atoms with E-state index in [1.165, 1.54) is 0 Å². The fourth-order valence-corrected chi connectivity index (χ4v) is 2.83. The lowest BCUT2D eigenvalue weighted by Crippen LogP contribution is -2.52. The van der Waals surface area contributed by atoms with E-state index < -0.39 is 5.54 Å². The van der Waals surface area contributed by atoms with Crippen LogP contribution in [0.5, 0.6) is 0 Å². The van der Waals surface area contributed by atoms with Crippen molar-refractivity contribution in [1.29, 1.82) is 0 Å². The van der Waals surface area contributed by atoms with E-state index in [-0.39, 0.29) is 11.9 Å². The van der Waals surface area contributed by atoms with Crippen molar-refractivity contribution in [1.82, 2.24) is 10.2 Å². The van der Waals surface area contributed by atoms with Gasteiger partial charge in [-0.3, -0.25) is 10.1 Å². The van der Waals surface area contributed by atoms with E-state index in [9.17, 15) is 9.59 Å². The number of carbonyl (C=O) groups excluding carboxylic acids is 2. The van der Waals surface area contributed by atoms with Gasteiger partial charge in [-0.1, -0.05) is 6.92 Å². The zero-order chi connectivity index (χ0) is 12.5. The second-order valence-corrected chi connectivity index (χ2v) is 5.08. The van der Waals surface area contributed by atoms with Gasteiger partial charge in [0.05, 0.1) is 0 Å². The second-order valence-electron chi connectivity index (χ2n) is 5.08. The molecular formula is C13H18N2O2. The van der Waals surface area contributed by atoms with Crippen molar-refractivity contribution >= 4 is 11.9 Å². The highest BCUT2D eigenvalue weighted by atomic mass is 16.2. The van der Waals surface area contributed by atoms with E-state index in [4.69, 9.17) is 6.42 Å². The highest BCUT2D eigenvalue weighted by Gasteiger charge is 2.53.